The summed E-state index contributed by atoms with van der Waals surface area (Å²) in [5.74, 6) is 2.48. The van der Waals surface area contributed by atoms with Gasteiger partial charge in [-0.05, 0) is 12.1 Å². The Kier molecular flexibility index (Phi) is 1.76. The van der Waals surface area contributed by atoms with Crippen LogP contribution in [0.25, 0.3) is 0 Å². The molecule has 0 bridgehead atoms. The number of anilines is 1. The number of pyridine rings is 1. The Balaban J connectivity index is 2.48. The van der Waals surface area contributed by atoms with Gasteiger partial charge in [0.1, 0.15) is 5.69 Å². The maximum Gasteiger partial charge on any atom is 0.243 e. The Bertz CT molecular complexity index is 383. The quantitative estimate of drug-likeness (QED) is 0.543. The number of aromatic nitrogens is 1. The SMILES string of the molecule is CN1CC(=C=O)Oc2ncccc21. The molecule has 66 valence electrons. The van der Waals surface area contributed by atoms with Crippen LogP contribution in [0.5, 0.6) is 5.88 Å². The third-order valence-corrected chi connectivity index (χ3v) is 1.88. The summed E-state index contributed by atoms with van der Waals surface area (Å²) in [7, 11) is 1.88. The molecule has 0 unspecified atom stereocenters. The van der Waals surface area contributed by atoms with Crippen LogP contribution >= 0.6 is 0 Å². The van der Waals surface area contributed by atoms with E-state index in [1.807, 2.05) is 24.1 Å². The average molecular weight is 176 g/mol. The molecule has 0 radical (unpaired) electrons. The van der Waals surface area contributed by atoms with Crippen molar-refractivity contribution in [3.05, 3.63) is 24.1 Å². The smallest absolute Gasteiger partial charge is 0.243 e. The van der Waals surface area contributed by atoms with E-state index in [9.17, 15) is 4.79 Å². The molecule has 0 saturated carbocycles. The van der Waals surface area contributed by atoms with Crippen molar-refractivity contribution >= 4 is 11.6 Å². The lowest BCUT2D eigenvalue weighted by molar-refractivity contribution is 0.385. The predicted octanol–water partition coefficient (Wildman–Crippen LogP) is 0.626. The molecule has 2 rings (SSSR count). The van der Waals surface area contributed by atoms with Crippen molar-refractivity contribution in [1.82, 2.24) is 4.98 Å². The minimum atomic E-state index is 0.272. The maximum atomic E-state index is 10.4. The van der Waals surface area contributed by atoms with E-state index in [4.69, 9.17) is 4.74 Å². The second kappa shape index (κ2) is 2.92. The van der Waals surface area contributed by atoms with Gasteiger partial charge in [0.15, 0.2) is 5.94 Å². The van der Waals surface area contributed by atoms with Crippen LogP contribution in [0.1, 0.15) is 0 Å². The van der Waals surface area contributed by atoms with Gasteiger partial charge in [-0.3, -0.25) is 0 Å². The molecule has 0 saturated heterocycles. The summed E-state index contributed by atoms with van der Waals surface area (Å²) in [6.45, 7) is 0.447. The lowest BCUT2D eigenvalue weighted by atomic mass is 10.3. The van der Waals surface area contributed by atoms with Gasteiger partial charge >= 0.3 is 0 Å². The molecule has 4 nitrogen and oxygen atoms in total. The summed E-state index contributed by atoms with van der Waals surface area (Å²) >= 11 is 0. The lowest BCUT2D eigenvalue weighted by Gasteiger charge is -2.25. The molecular weight excluding hydrogens is 168 g/mol. The Labute approximate surface area is 75.5 Å². The highest BCUT2D eigenvalue weighted by atomic mass is 16.5. The standard InChI is InChI=1S/C9H8N2O2/c1-11-5-7(6-12)13-9-8(11)3-2-4-10-9/h2-4H,5H2,1H3. The molecule has 0 N–H and O–H groups in total. The zero-order valence-corrected chi connectivity index (χ0v) is 7.15. The van der Waals surface area contributed by atoms with Crippen LogP contribution < -0.4 is 9.64 Å². The molecule has 0 atom stereocenters. The van der Waals surface area contributed by atoms with Crippen molar-refractivity contribution in [2.75, 3.05) is 18.5 Å². The molecule has 13 heavy (non-hydrogen) atoms. The van der Waals surface area contributed by atoms with Gasteiger partial charge in [-0.2, -0.15) is 0 Å². The molecule has 1 aliphatic heterocycles. The fourth-order valence-electron chi connectivity index (χ4n) is 1.25. The van der Waals surface area contributed by atoms with E-state index in [-0.39, 0.29) is 5.76 Å². The van der Waals surface area contributed by atoms with E-state index in [1.54, 1.807) is 12.1 Å². The van der Waals surface area contributed by atoms with Gasteiger partial charge in [0, 0.05) is 13.2 Å². The third-order valence-electron chi connectivity index (χ3n) is 1.88. The Morgan fingerprint density at radius 2 is 2.54 bits per heavy atom. The fourth-order valence-corrected chi connectivity index (χ4v) is 1.25. The van der Waals surface area contributed by atoms with Gasteiger partial charge in [-0.1, -0.05) is 0 Å². The molecule has 1 aliphatic rings. The third kappa shape index (κ3) is 1.27. The van der Waals surface area contributed by atoms with Crippen LogP contribution in [0.15, 0.2) is 24.1 Å². The van der Waals surface area contributed by atoms with E-state index in [0.717, 1.165) is 5.69 Å². The molecule has 4 heteroatoms. The molecular formula is C9H8N2O2. The van der Waals surface area contributed by atoms with Crippen molar-refractivity contribution in [2.24, 2.45) is 0 Å². The van der Waals surface area contributed by atoms with E-state index in [1.165, 1.54) is 0 Å². The lowest BCUT2D eigenvalue weighted by Crippen LogP contribution is -2.28. The average Bonchev–Trinajstić information content (AvgIpc) is 2.18. The summed E-state index contributed by atoms with van der Waals surface area (Å²) in [6, 6.07) is 3.72. The first-order chi connectivity index (χ1) is 6.31. The largest absolute Gasteiger partial charge is 0.428 e. The number of fused-ring (bicyclic) bond motifs is 1. The van der Waals surface area contributed by atoms with E-state index >= 15 is 0 Å². The van der Waals surface area contributed by atoms with E-state index < -0.39 is 0 Å². The molecule has 0 spiro atoms. The fraction of sp³-hybridized carbons (Fsp3) is 0.222. The number of hydrogen-bond donors (Lipinski definition) is 0. The van der Waals surface area contributed by atoms with Gasteiger partial charge in [0.25, 0.3) is 0 Å². The van der Waals surface area contributed by atoms with Gasteiger partial charge < -0.3 is 9.64 Å². The highest BCUT2D eigenvalue weighted by molar-refractivity contribution is 5.62. The van der Waals surface area contributed by atoms with Gasteiger partial charge in [0.05, 0.1) is 6.54 Å². The van der Waals surface area contributed by atoms with Crippen molar-refractivity contribution in [3.8, 4) is 5.88 Å². The summed E-state index contributed by atoms with van der Waals surface area (Å²) < 4.78 is 5.19. The predicted molar refractivity (Wildman–Crippen MR) is 47.3 cm³/mol. The molecule has 0 aliphatic carbocycles. The second-order valence-electron chi connectivity index (χ2n) is 2.81. The van der Waals surface area contributed by atoms with Crippen molar-refractivity contribution in [1.29, 1.82) is 0 Å². The second-order valence-corrected chi connectivity index (χ2v) is 2.81. The van der Waals surface area contributed by atoms with Gasteiger partial charge in [-0.25, -0.2) is 9.78 Å². The number of ether oxygens (including phenoxy) is 1. The first kappa shape index (κ1) is 7.83. The summed E-state index contributed by atoms with van der Waals surface area (Å²) in [4.78, 5) is 16.3. The van der Waals surface area contributed by atoms with Crippen molar-refractivity contribution < 1.29 is 9.53 Å². The van der Waals surface area contributed by atoms with Crippen LogP contribution in [0.3, 0.4) is 0 Å². The number of hydrogen-bond acceptors (Lipinski definition) is 4. The Hall–Kier alpha value is -1.80. The first-order valence-electron chi connectivity index (χ1n) is 3.89. The molecule has 1 aromatic heterocycles. The molecule has 1 aromatic rings. The monoisotopic (exact) mass is 176 g/mol. The summed E-state index contributed by atoms with van der Waals surface area (Å²) in [6.07, 6.45) is 1.63. The number of nitrogens with zero attached hydrogens (tertiary/aromatic N) is 2. The van der Waals surface area contributed by atoms with Crippen molar-refractivity contribution in [2.45, 2.75) is 0 Å². The van der Waals surface area contributed by atoms with Crippen LogP contribution in [-0.4, -0.2) is 24.5 Å². The van der Waals surface area contributed by atoms with Gasteiger partial charge in [-0.15, -0.1) is 0 Å². The number of carbonyl (C=O) groups excluding carboxylic acids is 1. The van der Waals surface area contributed by atoms with Crippen LogP contribution in [0, 0.1) is 0 Å². The maximum absolute atomic E-state index is 10.4. The summed E-state index contributed by atoms with van der Waals surface area (Å²) in [5, 5.41) is 0. The normalized spacial score (nSPS) is 14.5. The summed E-state index contributed by atoms with van der Waals surface area (Å²) in [5.41, 5.74) is 0.890. The molecule has 0 amide bonds. The zero-order valence-electron chi connectivity index (χ0n) is 7.15. The molecule has 0 aromatic carbocycles. The molecule has 0 fully saturated rings. The first-order valence-corrected chi connectivity index (χ1v) is 3.89. The molecule has 2 heterocycles. The van der Waals surface area contributed by atoms with Crippen LogP contribution in [-0.2, 0) is 4.79 Å². The topological polar surface area (TPSA) is 42.4 Å². The van der Waals surface area contributed by atoms with Gasteiger partial charge in [0.2, 0.25) is 11.6 Å². The Morgan fingerprint density at radius 3 is 3.31 bits per heavy atom. The van der Waals surface area contributed by atoms with Crippen LogP contribution in [0.2, 0.25) is 0 Å². The van der Waals surface area contributed by atoms with E-state index in [0.29, 0.717) is 12.4 Å². The van der Waals surface area contributed by atoms with Crippen molar-refractivity contribution in [3.63, 3.8) is 0 Å². The minimum Gasteiger partial charge on any atom is -0.428 e. The zero-order chi connectivity index (χ0) is 9.26. The Morgan fingerprint density at radius 1 is 1.69 bits per heavy atom. The number of rotatable bonds is 0. The minimum absolute atomic E-state index is 0.272. The highest BCUT2D eigenvalue weighted by Gasteiger charge is 2.19. The number of likely N-dealkylation sites (N-methyl/N-ethyl adjacent to an activating group) is 1. The highest BCUT2D eigenvalue weighted by Crippen LogP contribution is 2.29. The van der Waals surface area contributed by atoms with Crippen LogP contribution in [0.4, 0.5) is 5.69 Å². The van der Waals surface area contributed by atoms with E-state index in [2.05, 4.69) is 4.98 Å².